The molecule has 0 unspecified atom stereocenters. The summed E-state index contributed by atoms with van der Waals surface area (Å²) < 4.78 is 0. The van der Waals surface area contributed by atoms with E-state index < -0.39 is 17.9 Å². The third-order valence-corrected chi connectivity index (χ3v) is 2.03. The Balaban J connectivity index is 3.25. The Bertz CT molecular complexity index is 338. The van der Waals surface area contributed by atoms with Gasteiger partial charge >= 0.3 is 0 Å². The highest BCUT2D eigenvalue weighted by Crippen LogP contribution is 2.39. The van der Waals surface area contributed by atoms with E-state index in [0.29, 0.717) is 0 Å². The highest BCUT2D eigenvalue weighted by atomic mass is 16.3. The average Bonchev–Trinajstić information content (AvgIpc) is 2.12. The number of benzene rings is 1. The molecule has 1 aromatic rings. The van der Waals surface area contributed by atoms with Crippen LogP contribution in [0.15, 0.2) is 12.1 Å². The number of hydrogen-bond acceptors (Lipinski definition) is 5. The summed E-state index contributed by atoms with van der Waals surface area (Å²) in [6, 6.07) is 1.40. The van der Waals surface area contributed by atoms with Gasteiger partial charge in [0.1, 0.15) is 5.75 Å². The first kappa shape index (κ1) is 10.6. The number of aliphatic hydroxyl groups is 1. The fourth-order valence-electron chi connectivity index (χ4n) is 1.16. The average molecular weight is 199 g/mol. The van der Waals surface area contributed by atoms with Crippen molar-refractivity contribution in [2.75, 3.05) is 0 Å². The van der Waals surface area contributed by atoms with Gasteiger partial charge in [-0.2, -0.15) is 0 Å². The summed E-state index contributed by atoms with van der Waals surface area (Å²) in [4.78, 5) is 0. The van der Waals surface area contributed by atoms with E-state index in [4.69, 9.17) is 10.8 Å². The van der Waals surface area contributed by atoms with Gasteiger partial charge in [-0.3, -0.25) is 0 Å². The fraction of sp³-hybridized carbons (Fsp3) is 0.333. The minimum Gasteiger partial charge on any atom is -0.507 e. The molecule has 6 N–H and O–H groups in total. The van der Waals surface area contributed by atoms with Crippen LogP contribution in [0.5, 0.6) is 17.2 Å². The van der Waals surface area contributed by atoms with E-state index in [1.807, 2.05) is 0 Å². The molecule has 14 heavy (non-hydrogen) atoms. The minimum absolute atomic E-state index is 0.0556. The van der Waals surface area contributed by atoms with Crippen molar-refractivity contribution >= 4 is 0 Å². The molecule has 0 radical (unpaired) electrons. The maximum atomic E-state index is 9.40. The van der Waals surface area contributed by atoms with Gasteiger partial charge in [0.15, 0.2) is 11.5 Å². The smallest absolute Gasteiger partial charge is 0.166 e. The Morgan fingerprint density at radius 1 is 1.14 bits per heavy atom. The second-order valence-electron chi connectivity index (χ2n) is 3.13. The lowest BCUT2D eigenvalue weighted by Gasteiger charge is -2.18. The lowest BCUT2D eigenvalue weighted by Crippen LogP contribution is -2.23. The summed E-state index contributed by atoms with van der Waals surface area (Å²) in [5.41, 5.74) is 5.47. The Morgan fingerprint density at radius 3 is 2.14 bits per heavy atom. The van der Waals surface area contributed by atoms with Crippen LogP contribution < -0.4 is 5.73 Å². The van der Waals surface area contributed by atoms with E-state index in [2.05, 4.69) is 0 Å². The predicted octanol–water partition coefficient (Wildman–Crippen LogP) is 0.184. The molecular weight excluding hydrogens is 186 g/mol. The largest absolute Gasteiger partial charge is 0.507 e. The molecule has 0 aliphatic rings. The monoisotopic (exact) mass is 199 g/mol. The molecule has 1 rings (SSSR count). The van der Waals surface area contributed by atoms with Gasteiger partial charge in [-0.05, 0) is 19.1 Å². The number of phenolic OH excluding ortho intramolecular Hbond substituents is 3. The van der Waals surface area contributed by atoms with E-state index in [1.165, 1.54) is 13.0 Å². The van der Waals surface area contributed by atoms with Crippen LogP contribution in [0, 0.1) is 0 Å². The molecule has 78 valence electrons. The lowest BCUT2D eigenvalue weighted by atomic mass is 10.0. The summed E-state index contributed by atoms with van der Waals surface area (Å²) >= 11 is 0. The number of aromatic hydroxyl groups is 3. The van der Waals surface area contributed by atoms with Crippen molar-refractivity contribution in [2.24, 2.45) is 5.73 Å². The predicted molar refractivity (Wildman–Crippen MR) is 50.0 cm³/mol. The maximum absolute atomic E-state index is 9.40. The highest BCUT2D eigenvalue weighted by molar-refractivity contribution is 5.53. The first-order chi connectivity index (χ1) is 6.45. The van der Waals surface area contributed by atoms with Crippen molar-refractivity contribution in [1.29, 1.82) is 0 Å². The third-order valence-electron chi connectivity index (χ3n) is 2.03. The number of hydrogen-bond donors (Lipinski definition) is 5. The first-order valence-electron chi connectivity index (χ1n) is 4.12. The van der Waals surface area contributed by atoms with Gasteiger partial charge in [0.25, 0.3) is 0 Å². The summed E-state index contributed by atoms with van der Waals surface area (Å²) in [6.07, 6.45) is -0.936. The van der Waals surface area contributed by atoms with Gasteiger partial charge < -0.3 is 26.2 Å². The van der Waals surface area contributed by atoms with Gasteiger partial charge in [0.05, 0.1) is 17.7 Å². The first-order valence-corrected chi connectivity index (χ1v) is 4.12. The molecule has 0 saturated carbocycles. The van der Waals surface area contributed by atoms with Crippen LogP contribution in [0.3, 0.4) is 0 Å². The van der Waals surface area contributed by atoms with Gasteiger partial charge in [-0.25, -0.2) is 0 Å². The van der Waals surface area contributed by atoms with Gasteiger partial charge in [-0.1, -0.05) is 0 Å². The van der Waals surface area contributed by atoms with Crippen molar-refractivity contribution in [3.8, 4) is 17.2 Å². The highest BCUT2D eigenvalue weighted by Gasteiger charge is 2.21. The van der Waals surface area contributed by atoms with Crippen molar-refractivity contribution in [1.82, 2.24) is 0 Å². The molecule has 0 aliphatic heterocycles. The van der Waals surface area contributed by atoms with Crippen molar-refractivity contribution in [3.05, 3.63) is 17.7 Å². The van der Waals surface area contributed by atoms with Crippen LogP contribution in [0.2, 0.25) is 0 Å². The number of rotatable bonds is 2. The van der Waals surface area contributed by atoms with E-state index >= 15 is 0 Å². The molecule has 0 aromatic heterocycles. The standard InChI is InChI=1S/C9H13NO4/c1-4(11)8(10)7-5(12)2-3-6(13)9(7)14/h2-4,8,11-14H,10H2,1H3/t4-,8+/m0/s1. The van der Waals surface area contributed by atoms with E-state index in [0.717, 1.165) is 6.07 Å². The van der Waals surface area contributed by atoms with Crippen LogP contribution >= 0.6 is 0 Å². The van der Waals surface area contributed by atoms with Crippen LogP contribution in [0.1, 0.15) is 18.5 Å². The molecule has 5 nitrogen and oxygen atoms in total. The van der Waals surface area contributed by atoms with E-state index in [9.17, 15) is 15.3 Å². The second-order valence-corrected chi connectivity index (χ2v) is 3.13. The zero-order valence-corrected chi connectivity index (χ0v) is 7.68. The van der Waals surface area contributed by atoms with Crippen LogP contribution in [-0.4, -0.2) is 26.5 Å². The molecule has 0 spiro atoms. The second kappa shape index (κ2) is 3.73. The molecule has 0 fully saturated rings. The number of phenols is 3. The Labute approximate surface area is 81.0 Å². The van der Waals surface area contributed by atoms with E-state index in [1.54, 1.807) is 0 Å². The van der Waals surface area contributed by atoms with Crippen LogP contribution in [0.4, 0.5) is 0 Å². The molecule has 0 saturated heterocycles. The van der Waals surface area contributed by atoms with Crippen molar-refractivity contribution < 1.29 is 20.4 Å². The normalized spacial score (nSPS) is 15.1. The molecule has 0 aliphatic carbocycles. The van der Waals surface area contributed by atoms with Gasteiger partial charge in [-0.15, -0.1) is 0 Å². The Kier molecular flexibility index (Phi) is 2.83. The summed E-state index contributed by atoms with van der Waals surface area (Å²) in [7, 11) is 0. The van der Waals surface area contributed by atoms with Crippen molar-refractivity contribution in [3.63, 3.8) is 0 Å². The third kappa shape index (κ3) is 1.73. The summed E-state index contributed by atoms with van der Waals surface area (Å²) in [5.74, 6) is -1.14. The number of aliphatic hydroxyl groups excluding tert-OH is 1. The molecule has 0 amide bonds. The van der Waals surface area contributed by atoms with Crippen molar-refractivity contribution in [2.45, 2.75) is 19.1 Å². The van der Waals surface area contributed by atoms with Crippen LogP contribution in [-0.2, 0) is 0 Å². The molecule has 1 aromatic carbocycles. The SMILES string of the molecule is C[C@H](O)[C@@H](N)c1c(O)ccc(O)c1O. The lowest BCUT2D eigenvalue weighted by molar-refractivity contribution is 0.161. The van der Waals surface area contributed by atoms with Gasteiger partial charge in [0.2, 0.25) is 0 Å². The maximum Gasteiger partial charge on any atom is 0.166 e. The van der Waals surface area contributed by atoms with Gasteiger partial charge in [0, 0.05) is 0 Å². The Hall–Kier alpha value is -1.46. The molecular formula is C9H13NO4. The number of nitrogens with two attached hydrogens (primary N) is 1. The summed E-state index contributed by atoms with van der Waals surface area (Å²) in [6.45, 7) is 1.42. The minimum atomic E-state index is -0.943. The molecule has 5 heteroatoms. The topological polar surface area (TPSA) is 107 Å². The van der Waals surface area contributed by atoms with E-state index in [-0.39, 0.29) is 17.1 Å². The quantitative estimate of drug-likeness (QED) is 0.345. The fourth-order valence-corrected chi connectivity index (χ4v) is 1.16. The molecule has 0 heterocycles. The zero-order chi connectivity index (χ0) is 10.9. The molecule has 0 bridgehead atoms. The summed E-state index contributed by atoms with van der Waals surface area (Å²) in [5, 5.41) is 37.1. The molecule has 2 atom stereocenters. The zero-order valence-electron chi connectivity index (χ0n) is 7.68. The van der Waals surface area contributed by atoms with Crippen LogP contribution in [0.25, 0.3) is 0 Å². The Morgan fingerprint density at radius 2 is 1.64 bits per heavy atom.